The van der Waals surface area contributed by atoms with Gasteiger partial charge in [-0.3, -0.25) is 4.79 Å². The molecule has 0 aliphatic rings. The third-order valence-electron chi connectivity index (χ3n) is 2.72. The minimum atomic E-state index is -0.589. The van der Waals surface area contributed by atoms with E-state index in [1.165, 1.54) is 0 Å². The van der Waals surface area contributed by atoms with Crippen molar-refractivity contribution in [1.29, 1.82) is 0 Å². The Bertz CT molecular complexity index is 747. The number of carbonyl (C=O) groups is 1. The zero-order valence-electron chi connectivity index (χ0n) is 9.56. The number of aromatic nitrogens is 1. The number of benzene rings is 2. The van der Waals surface area contributed by atoms with Gasteiger partial charge in [0.05, 0.1) is 10.6 Å². The molecule has 0 saturated carbocycles. The maximum atomic E-state index is 11.1. The molecule has 0 bridgehead atoms. The van der Waals surface area contributed by atoms with Crippen LogP contribution in [0.4, 0.5) is 0 Å². The zero-order chi connectivity index (χ0) is 13.4. The van der Waals surface area contributed by atoms with Crippen molar-refractivity contribution in [1.82, 2.24) is 4.98 Å². The van der Waals surface area contributed by atoms with Gasteiger partial charge in [-0.25, -0.2) is 4.98 Å². The number of fused-ring (bicyclic) bond motifs is 1. The van der Waals surface area contributed by atoms with Crippen LogP contribution in [0.1, 0.15) is 10.4 Å². The van der Waals surface area contributed by atoms with Crippen LogP contribution in [0.25, 0.3) is 22.6 Å². The molecule has 5 heteroatoms. The minimum Gasteiger partial charge on any atom is -0.436 e. The molecule has 0 N–H and O–H groups in total. The normalized spacial score (nSPS) is 10.8. The summed E-state index contributed by atoms with van der Waals surface area (Å²) in [5.74, 6) is 0.455. The minimum absolute atomic E-state index is 0.267. The van der Waals surface area contributed by atoms with Gasteiger partial charge in [0.25, 0.3) is 5.24 Å². The fraction of sp³-hybridized carbons (Fsp3) is 0. The molecule has 0 radical (unpaired) electrons. The van der Waals surface area contributed by atoms with Gasteiger partial charge in [-0.1, -0.05) is 23.7 Å². The highest BCUT2D eigenvalue weighted by Gasteiger charge is 2.12. The van der Waals surface area contributed by atoms with Gasteiger partial charge in [-0.2, -0.15) is 0 Å². The Labute approximate surface area is 118 Å². The van der Waals surface area contributed by atoms with Gasteiger partial charge >= 0.3 is 0 Å². The summed E-state index contributed by atoms with van der Waals surface area (Å²) in [7, 11) is 0. The number of halogens is 2. The summed E-state index contributed by atoms with van der Waals surface area (Å²) in [6.45, 7) is 0. The maximum absolute atomic E-state index is 11.1. The second-order valence-corrected chi connectivity index (χ2v) is 4.71. The van der Waals surface area contributed by atoms with Crippen molar-refractivity contribution in [2.45, 2.75) is 0 Å². The molecule has 0 atom stereocenters. The first-order valence-corrected chi connectivity index (χ1v) is 6.26. The van der Waals surface area contributed by atoms with Gasteiger partial charge in [-0.05, 0) is 41.9 Å². The molecular formula is C14H7Cl2NO2. The lowest BCUT2D eigenvalue weighted by Gasteiger charge is -2.00. The average molecular weight is 292 g/mol. The van der Waals surface area contributed by atoms with Crippen molar-refractivity contribution < 1.29 is 9.21 Å². The van der Waals surface area contributed by atoms with E-state index in [9.17, 15) is 4.79 Å². The number of rotatable bonds is 2. The van der Waals surface area contributed by atoms with Gasteiger partial charge in [0.2, 0.25) is 5.89 Å². The molecule has 0 unspecified atom stereocenters. The van der Waals surface area contributed by atoms with Crippen LogP contribution in [0.3, 0.4) is 0 Å². The molecule has 3 nitrogen and oxygen atoms in total. The van der Waals surface area contributed by atoms with E-state index in [-0.39, 0.29) is 10.6 Å². The SMILES string of the molecule is O=C(Cl)c1ccc(-c2nc3ccccc3o2)cc1Cl. The second kappa shape index (κ2) is 4.68. The lowest BCUT2D eigenvalue weighted by Crippen LogP contribution is -1.90. The molecule has 0 aliphatic carbocycles. The van der Waals surface area contributed by atoms with E-state index in [0.29, 0.717) is 17.0 Å². The molecule has 19 heavy (non-hydrogen) atoms. The van der Waals surface area contributed by atoms with Crippen molar-refractivity contribution in [3.8, 4) is 11.5 Å². The van der Waals surface area contributed by atoms with Crippen molar-refractivity contribution >= 4 is 39.5 Å². The Morgan fingerprint density at radius 1 is 1.16 bits per heavy atom. The number of hydrogen-bond donors (Lipinski definition) is 0. The largest absolute Gasteiger partial charge is 0.436 e. The van der Waals surface area contributed by atoms with E-state index < -0.39 is 5.24 Å². The predicted octanol–water partition coefficient (Wildman–Crippen LogP) is 4.53. The van der Waals surface area contributed by atoms with Gasteiger partial charge in [-0.15, -0.1) is 0 Å². The topological polar surface area (TPSA) is 43.1 Å². The van der Waals surface area contributed by atoms with Crippen molar-refractivity contribution in [3.05, 3.63) is 53.1 Å². The molecule has 3 rings (SSSR count). The van der Waals surface area contributed by atoms with Crippen LogP contribution in [0.15, 0.2) is 46.9 Å². The smallest absolute Gasteiger partial charge is 0.253 e. The molecule has 0 fully saturated rings. The summed E-state index contributed by atoms with van der Waals surface area (Å²) >= 11 is 11.4. The maximum Gasteiger partial charge on any atom is 0.253 e. The summed E-state index contributed by atoms with van der Waals surface area (Å²) in [4.78, 5) is 15.5. The molecular weight excluding hydrogens is 285 g/mol. The lowest BCUT2D eigenvalue weighted by molar-refractivity contribution is 0.108. The van der Waals surface area contributed by atoms with Crippen LogP contribution in [0, 0.1) is 0 Å². The third-order valence-corrected chi connectivity index (χ3v) is 3.24. The van der Waals surface area contributed by atoms with Gasteiger partial charge in [0, 0.05) is 5.56 Å². The van der Waals surface area contributed by atoms with Crippen LogP contribution in [0.5, 0.6) is 0 Å². The summed E-state index contributed by atoms with van der Waals surface area (Å²) in [5, 5.41) is -0.311. The second-order valence-electron chi connectivity index (χ2n) is 3.96. The fourth-order valence-corrected chi connectivity index (χ4v) is 2.28. The van der Waals surface area contributed by atoms with Crippen molar-refractivity contribution in [3.63, 3.8) is 0 Å². The lowest BCUT2D eigenvalue weighted by atomic mass is 10.1. The zero-order valence-corrected chi connectivity index (χ0v) is 11.1. The first kappa shape index (κ1) is 12.2. The molecule has 3 aromatic rings. The van der Waals surface area contributed by atoms with Crippen LogP contribution < -0.4 is 0 Å². The Morgan fingerprint density at radius 2 is 1.95 bits per heavy atom. The van der Waals surface area contributed by atoms with Crippen LogP contribution in [-0.4, -0.2) is 10.2 Å². The average Bonchev–Trinajstić information content (AvgIpc) is 2.81. The molecule has 0 aliphatic heterocycles. The number of carbonyl (C=O) groups excluding carboxylic acids is 1. The molecule has 94 valence electrons. The van der Waals surface area contributed by atoms with Crippen LogP contribution in [-0.2, 0) is 0 Å². The number of oxazole rings is 1. The van der Waals surface area contributed by atoms with E-state index in [1.54, 1.807) is 18.2 Å². The third kappa shape index (κ3) is 2.23. The van der Waals surface area contributed by atoms with E-state index >= 15 is 0 Å². The molecule has 0 saturated heterocycles. The summed E-state index contributed by atoms with van der Waals surface area (Å²) in [6.07, 6.45) is 0. The number of nitrogens with zero attached hydrogens (tertiary/aromatic N) is 1. The van der Waals surface area contributed by atoms with Gasteiger partial charge in [0.1, 0.15) is 5.52 Å². The highest BCUT2D eigenvalue weighted by Crippen LogP contribution is 2.28. The first-order valence-electron chi connectivity index (χ1n) is 5.50. The van der Waals surface area contributed by atoms with Crippen LogP contribution >= 0.6 is 23.2 Å². The highest BCUT2D eigenvalue weighted by molar-refractivity contribution is 6.68. The number of hydrogen-bond acceptors (Lipinski definition) is 3. The van der Waals surface area contributed by atoms with Crippen LogP contribution in [0.2, 0.25) is 5.02 Å². The van der Waals surface area contributed by atoms with E-state index in [0.717, 1.165) is 5.52 Å². The summed E-state index contributed by atoms with van der Waals surface area (Å²) in [5.41, 5.74) is 2.43. The molecule has 0 amide bonds. The van der Waals surface area contributed by atoms with Crippen molar-refractivity contribution in [2.24, 2.45) is 0 Å². The standard InChI is InChI=1S/C14H7Cl2NO2/c15-10-7-8(5-6-9(10)13(16)18)14-17-11-3-1-2-4-12(11)19-14/h1-7H. The van der Waals surface area contributed by atoms with Gasteiger partial charge in [0.15, 0.2) is 5.58 Å². The first-order chi connectivity index (χ1) is 9.15. The van der Waals surface area contributed by atoms with Gasteiger partial charge < -0.3 is 4.42 Å². The number of para-hydroxylation sites is 2. The molecule has 0 spiro atoms. The molecule has 1 aromatic heterocycles. The predicted molar refractivity (Wildman–Crippen MR) is 74.6 cm³/mol. The Kier molecular flexibility index (Phi) is 3.01. The molecule has 2 aromatic carbocycles. The van der Waals surface area contributed by atoms with Crippen molar-refractivity contribution in [2.75, 3.05) is 0 Å². The molecule has 1 heterocycles. The Balaban J connectivity index is 2.11. The fourth-order valence-electron chi connectivity index (χ4n) is 1.80. The van der Waals surface area contributed by atoms with E-state index in [2.05, 4.69) is 4.98 Å². The highest BCUT2D eigenvalue weighted by atomic mass is 35.5. The summed E-state index contributed by atoms with van der Waals surface area (Å²) in [6, 6.07) is 12.3. The van der Waals surface area contributed by atoms with E-state index in [1.807, 2.05) is 24.3 Å². The quantitative estimate of drug-likeness (QED) is 0.652. The monoisotopic (exact) mass is 291 g/mol. The summed E-state index contributed by atoms with van der Waals surface area (Å²) < 4.78 is 5.62. The Hall–Kier alpha value is -1.84. The van der Waals surface area contributed by atoms with E-state index in [4.69, 9.17) is 27.6 Å². The Morgan fingerprint density at radius 3 is 2.63 bits per heavy atom.